The molecule has 2 aromatic rings. The van der Waals surface area contributed by atoms with Crippen LogP contribution in [-0.2, 0) is 4.79 Å². The van der Waals surface area contributed by atoms with Crippen LogP contribution in [0.2, 0.25) is 0 Å². The van der Waals surface area contributed by atoms with E-state index < -0.39 is 0 Å². The summed E-state index contributed by atoms with van der Waals surface area (Å²) in [6.45, 7) is 8.29. The van der Waals surface area contributed by atoms with Crippen molar-refractivity contribution in [1.82, 2.24) is 14.7 Å². The van der Waals surface area contributed by atoms with Crippen molar-refractivity contribution in [1.29, 1.82) is 0 Å². The molecule has 0 spiro atoms. The standard InChI is InChI=1S/C18H25N3O/c1-12(2)15-9-7-8-10-16(15)17-13(3)11-21(19-17)14(4)18(22)20(5)6/h7-12,14H,1-6H3. The van der Waals surface area contributed by atoms with Gasteiger partial charge < -0.3 is 4.90 Å². The van der Waals surface area contributed by atoms with Gasteiger partial charge in [0.05, 0.1) is 5.69 Å². The summed E-state index contributed by atoms with van der Waals surface area (Å²) >= 11 is 0. The highest BCUT2D eigenvalue weighted by molar-refractivity contribution is 5.79. The summed E-state index contributed by atoms with van der Waals surface area (Å²) in [6.07, 6.45) is 1.96. The molecule has 1 amide bonds. The lowest BCUT2D eigenvalue weighted by atomic mass is 9.94. The normalized spacial score (nSPS) is 12.5. The van der Waals surface area contributed by atoms with Gasteiger partial charge in [-0.05, 0) is 30.9 Å². The Morgan fingerprint density at radius 1 is 1.18 bits per heavy atom. The zero-order chi connectivity index (χ0) is 16.4. The highest BCUT2D eigenvalue weighted by atomic mass is 16.2. The van der Waals surface area contributed by atoms with Gasteiger partial charge >= 0.3 is 0 Å². The number of aromatic nitrogens is 2. The van der Waals surface area contributed by atoms with Crippen LogP contribution in [0.25, 0.3) is 11.3 Å². The molecule has 1 heterocycles. The number of carbonyl (C=O) groups is 1. The molecule has 4 nitrogen and oxygen atoms in total. The Morgan fingerprint density at radius 3 is 2.41 bits per heavy atom. The summed E-state index contributed by atoms with van der Waals surface area (Å²) in [6, 6.07) is 8.05. The molecule has 0 saturated heterocycles. The van der Waals surface area contributed by atoms with Gasteiger partial charge in [0.25, 0.3) is 0 Å². The first kappa shape index (κ1) is 16.3. The molecule has 118 valence electrons. The van der Waals surface area contributed by atoms with Gasteiger partial charge in [0.15, 0.2) is 0 Å². The lowest BCUT2D eigenvalue weighted by Crippen LogP contribution is -2.30. The Labute approximate surface area is 132 Å². The second-order valence-corrected chi connectivity index (χ2v) is 6.29. The minimum Gasteiger partial charge on any atom is -0.347 e. The second kappa shape index (κ2) is 6.34. The Kier molecular flexibility index (Phi) is 4.69. The van der Waals surface area contributed by atoms with Crippen molar-refractivity contribution >= 4 is 5.91 Å². The number of benzene rings is 1. The topological polar surface area (TPSA) is 38.1 Å². The molecule has 0 bridgehead atoms. The lowest BCUT2D eigenvalue weighted by Gasteiger charge is -2.17. The average Bonchev–Trinajstić information content (AvgIpc) is 2.87. The van der Waals surface area contributed by atoms with Crippen molar-refractivity contribution in [3.8, 4) is 11.3 Å². The van der Waals surface area contributed by atoms with Gasteiger partial charge in [-0.1, -0.05) is 38.1 Å². The smallest absolute Gasteiger partial charge is 0.246 e. The zero-order valence-electron chi connectivity index (χ0n) is 14.3. The average molecular weight is 299 g/mol. The molecule has 1 unspecified atom stereocenters. The summed E-state index contributed by atoms with van der Waals surface area (Å²) in [5.74, 6) is 0.479. The third-order valence-corrected chi connectivity index (χ3v) is 3.95. The molecule has 0 radical (unpaired) electrons. The van der Waals surface area contributed by atoms with Crippen LogP contribution in [0.3, 0.4) is 0 Å². The van der Waals surface area contributed by atoms with Crippen molar-refractivity contribution in [3.63, 3.8) is 0 Å². The van der Waals surface area contributed by atoms with E-state index in [0.717, 1.165) is 16.8 Å². The summed E-state index contributed by atoms with van der Waals surface area (Å²) < 4.78 is 1.77. The fourth-order valence-corrected chi connectivity index (χ4v) is 2.65. The number of hydrogen-bond acceptors (Lipinski definition) is 2. The molecule has 1 aromatic heterocycles. The van der Waals surface area contributed by atoms with E-state index in [-0.39, 0.29) is 11.9 Å². The highest BCUT2D eigenvalue weighted by Gasteiger charge is 2.20. The number of rotatable bonds is 4. The second-order valence-electron chi connectivity index (χ2n) is 6.29. The van der Waals surface area contributed by atoms with Crippen molar-refractivity contribution in [2.45, 2.75) is 39.7 Å². The van der Waals surface area contributed by atoms with Crippen molar-refractivity contribution < 1.29 is 4.79 Å². The highest BCUT2D eigenvalue weighted by Crippen LogP contribution is 2.30. The third kappa shape index (κ3) is 3.06. The van der Waals surface area contributed by atoms with Crippen LogP contribution in [0.15, 0.2) is 30.5 Å². The van der Waals surface area contributed by atoms with Crippen molar-refractivity contribution in [3.05, 3.63) is 41.6 Å². The van der Waals surface area contributed by atoms with Gasteiger partial charge in [0.2, 0.25) is 5.91 Å². The minimum absolute atomic E-state index is 0.0474. The molecule has 1 aromatic carbocycles. The minimum atomic E-state index is -0.298. The van der Waals surface area contributed by atoms with Crippen molar-refractivity contribution in [2.24, 2.45) is 0 Å². The molecular weight excluding hydrogens is 274 g/mol. The van der Waals surface area contributed by atoms with Crippen LogP contribution in [0, 0.1) is 6.92 Å². The molecule has 4 heteroatoms. The molecule has 0 saturated carbocycles. The maximum absolute atomic E-state index is 12.1. The first-order valence-electron chi connectivity index (χ1n) is 7.69. The Bertz CT molecular complexity index is 671. The van der Waals surface area contributed by atoms with Gasteiger partial charge in [-0.25, -0.2) is 0 Å². The fraction of sp³-hybridized carbons (Fsp3) is 0.444. The van der Waals surface area contributed by atoms with Gasteiger partial charge in [-0.3, -0.25) is 9.48 Å². The molecule has 1 atom stereocenters. The van der Waals surface area contributed by atoms with Crippen LogP contribution < -0.4 is 0 Å². The number of nitrogens with zero attached hydrogens (tertiary/aromatic N) is 3. The maximum Gasteiger partial charge on any atom is 0.246 e. The van der Waals surface area contributed by atoms with Crippen LogP contribution in [-0.4, -0.2) is 34.7 Å². The third-order valence-electron chi connectivity index (χ3n) is 3.95. The number of carbonyl (C=O) groups excluding carboxylic acids is 1. The van der Waals surface area contributed by atoms with Gasteiger partial charge in [-0.2, -0.15) is 5.10 Å². The van der Waals surface area contributed by atoms with Gasteiger partial charge in [0.1, 0.15) is 6.04 Å². The van der Waals surface area contributed by atoms with E-state index in [4.69, 9.17) is 5.10 Å². The summed E-state index contributed by atoms with van der Waals surface area (Å²) in [5, 5.41) is 4.70. The zero-order valence-corrected chi connectivity index (χ0v) is 14.3. The van der Waals surface area contributed by atoms with E-state index in [1.54, 1.807) is 23.7 Å². The van der Waals surface area contributed by atoms with Gasteiger partial charge in [-0.15, -0.1) is 0 Å². The summed E-state index contributed by atoms with van der Waals surface area (Å²) in [5.41, 5.74) is 4.48. The van der Waals surface area contributed by atoms with Crippen LogP contribution in [0.1, 0.15) is 43.9 Å². The monoisotopic (exact) mass is 299 g/mol. The summed E-state index contributed by atoms with van der Waals surface area (Å²) in [7, 11) is 3.54. The van der Waals surface area contributed by atoms with E-state index >= 15 is 0 Å². The molecule has 0 aliphatic rings. The maximum atomic E-state index is 12.1. The molecule has 2 rings (SSSR count). The number of likely N-dealkylation sites (N-methyl/N-ethyl adjacent to an activating group) is 1. The molecule has 22 heavy (non-hydrogen) atoms. The van der Waals surface area contributed by atoms with Gasteiger partial charge in [0, 0.05) is 25.9 Å². The predicted molar refractivity (Wildman–Crippen MR) is 89.9 cm³/mol. The van der Waals surface area contributed by atoms with Crippen molar-refractivity contribution in [2.75, 3.05) is 14.1 Å². The predicted octanol–water partition coefficient (Wildman–Crippen LogP) is 3.63. The molecule has 0 aliphatic heterocycles. The lowest BCUT2D eigenvalue weighted by molar-refractivity contribution is -0.131. The molecule has 0 N–H and O–H groups in total. The number of aryl methyl sites for hydroxylation is 1. The van der Waals surface area contributed by atoms with Crippen LogP contribution in [0.4, 0.5) is 0 Å². The van der Waals surface area contributed by atoms with E-state index in [9.17, 15) is 4.79 Å². The fourth-order valence-electron chi connectivity index (χ4n) is 2.65. The Morgan fingerprint density at radius 2 is 1.82 bits per heavy atom. The summed E-state index contributed by atoms with van der Waals surface area (Å²) in [4.78, 5) is 13.7. The van der Waals surface area contributed by atoms with E-state index in [0.29, 0.717) is 5.92 Å². The molecular formula is C18H25N3O. The quantitative estimate of drug-likeness (QED) is 0.864. The first-order chi connectivity index (χ1) is 10.3. The van der Waals surface area contributed by atoms with E-state index in [2.05, 4.69) is 32.0 Å². The van der Waals surface area contributed by atoms with Crippen LogP contribution in [0.5, 0.6) is 0 Å². The SMILES string of the molecule is Cc1cn(C(C)C(=O)N(C)C)nc1-c1ccccc1C(C)C. The Hall–Kier alpha value is -2.10. The van der Waals surface area contributed by atoms with E-state index in [1.807, 2.05) is 26.1 Å². The molecule has 0 fully saturated rings. The number of hydrogen-bond donors (Lipinski definition) is 0. The van der Waals surface area contributed by atoms with E-state index in [1.165, 1.54) is 5.56 Å². The molecule has 0 aliphatic carbocycles. The first-order valence-corrected chi connectivity index (χ1v) is 7.69. The van der Waals surface area contributed by atoms with Crippen LogP contribution >= 0.6 is 0 Å². The number of amides is 1. The largest absolute Gasteiger partial charge is 0.347 e. The Balaban J connectivity index is 2.45.